The van der Waals surface area contributed by atoms with E-state index in [2.05, 4.69) is 20.5 Å². The van der Waals surface area contributed by atoms with E-state index in [1.807, 2.05) is 12.1 Å². The third-order valence-electron chi connectivity index (χ3n) is 3.77. The summed E-state index contributed by atoms with van der Waals surface area (Å²) >= 11 is 5.89. The number of nitrogens with one attached hydrogen (secondary N) is 2. The van der Waals surface area contributed by atoms with Crippen molar-refractivity contribution in [3.63, 3.8) is 0 Å². The Morgan fingerprint density at radius 1 is 1.45 bits per heavy atom. The highest BCUT2D eigenvalue weighted by molar-refractivity contribution is 6.31. The molecule has 7 heteroatoms. The lowest BCUT2D eigenvalue weighted by atomic mass is 9.92. The highest BCUT2D eigenvalue weighted by atomic mass is 35.5. The highest BCUT2D eigenvalue weighted by Gasteiger charge is 2.28. The lowest BCUT2D eigenvalue weighted by Gasteiger charge is -2.31. The first-order chi connectivity index (χ1) is 10.8. The first-order valence-corrected chi connectivity index (χ1v) is 7.57. The first-order valence-electron chi connectivity index (χ1n) is 7.19. The van der Waals surface area contributed by atoms with Crippen LogP contribution < -0.4 is 5.32 Å². The van der Waals surface area contributed by atoms with Gasteiger partial charge in [0.25, 0.3) is 0 Å². The molecule has 1 aliphatic heterocycles. The Hall–Kier alpha value is -2.10. The zero-order valence-electron chi connectivity index (χ0n) is 11.9. The van der Waals surface area contributed by atoms with Gasteiger partial charge in [0.05, 0.1) is 10.7 Å². The van der Waals surface area contributed by atoms with Crippen LogP contribution >= 0.6 is 11.6 Å². The molecular weight excluding hydrogens is 302 g/mol. The average molecular weight is 318 g/mol. The summed E-state index contributed by atoms with van der Waals surface area (Å²) in [6, 6.07) is 7.38. The molecule has 1 fully saturated rings. The molecule has 0 aliphatic carbocycles. The molecule has 1 saturated heterocycles. The Balaban J connectivity index is 1.68. The molecule has 0 bridgehead atoms. The van der Waals surface area contributed by atoms with Crippen molar-refractivity contribution in [3.05, 3.63) is 40.8 Å². The van der Waals surface area contributed by atoms with E-state index in [4.69, 9.17) is 21.6 Å². The summed E-state index contributed by atoms with van der Waals surface area (Å²) in [6.45, 7) is 1.47. The molecule has 0 amide bonds. The summed E-state index contributed by atoms with van der Waals surface area (Å²) < 4.78 is 5.88. The largest absolute Gasteiger partial charge is 0.372 e. The molecule has 2 N–H and O–H groups in total. The maximum absolute atomic E-state index is 8.97. The van der Waals surface area contributed by atoms with E-state index in [-0.39, 0.29) is 11.8 Å². The van der Waals surface area contributed by atoms with Gasteiger partial charge in [0, 0.05) is 25.3 Å². The number of hydrogen-bond acceptors (Lipinski definition) is 5. The SMILES string of the molecule is N#Cc1nc(NC[C@@H]2CCCO[C@H]2c2ccn[nH]2)ccc1Cl. The predicted octanol–water partition coefficient (Wildman–Crippen LogP) is 2.91. The van der Waals surface area contributed by atoms with Crippen LogP contribution in [0.1, 0.15) is 30.3 Å². The lowest BCUT2D eigenvalue weighted by molar-refractivity contribution is -0.0264. The number of halogens is 1. The van der Waals surface area contributed by atoms with Gasteiger partial charge in [-0.15, -0.1) is 0 Å². The maximum Gasteiger partial charge on any atom is 0.161 e. The topological polar surface area (TPSA) is 86.6 Å². The van der Waals surface area contributed by atoms with Crippen LogP contribution in [0.4, 0.5) is 5.82 Å². The van der Waals surface area contributed by atoms with Crippen LogP contribution in [0.25, 0.3) is 0 Å². The summed E-state index contributed by atoms with van der Waals surface area (Å²) in [7, 11) is 0. The van der Waals surface area contributed by atoms with E-state index in [9.17, 15) is 0 Å². The van der Waals surface area contributed by atoms with E-state index < -0.39 is 0 Å². The zero-order chi connectivity index (χ0) is 15.4. The van der Waals surface area contributed by atoms with Crippen LogP contribution in [0.5, 0.6) is 0 Å². The predicted molar refractivity (Wildman–Crippen MR) is 82.5 cm³/mol. The van der Waals surface area contributed by atoms with E-state index in [1.54, 1.807) is 18.3 Å². The highest BCUT2D eigenvalue weighted by Crippen LogP contribution is 2.32. The minimum Gasteiger partial charge on any atom is -0.372 e. The fourth-order valence-electron chi connectivity index (χ4n) is 2.68. The van der Waals surface area contributed by atoms with Crippen molar-refractivity contribution in [2.45, 2.75) is 18.9 Å². The third kappa shape index (κ3) is 3.21. The van der Waals surface area contributed by atoms with Crippen LogP contribution in [0, 0.1) is 17.2 Å². The molecule has 6 nitrogen and oxygen atoms in total. The van der Waals surface area contributed by atoms with Crippen LogP contribution in [-0.4, -0.2) is 28.3 Å². The summed E-state index contributed by atoms with van der Waals surface area (Å²) in [5, 5.41) is 19.6. The number of nitrogens with zero attached hydrogens (tertiary/aromatic N) is 3. The fraction of sp³-hybridized carbons (Fsp3) is 0.400. The molecule has 3 heterocycles. The standard InChI is InChI=1S/C15H16ClN5O/c16-11-3-4-14(20-13(11)8-17)18-9-10-2-1-7-22-15(10)12-5-6-19-21-12/h3-6,10,15H,1-2,7,9H2,(H,18,20)(H,19,21)/t10-,15+/m0/s1. The molecule has 114 valence electrons. The Kier molecular flexibility index (Phi) is 4.56. The van der Waals surface area contributed by atoms with Gasteiger partial charge in [-0.3, -0.25) is 5.10 Å². The smallest absolute Gasteiger partial charge is 0.161 e. The number of pyridine rings is 1. The number of aromatic nitrogens is 3. The monoisotopic (exact) mass is 317 g/mol. The van der Waals surface area contributed by atoms with Crippen LogP contribution in [0.15, 0.2) is 24.4 Å². The molecule has 0 unspecified atom stereocenters. The molecular formula is C15H16ClN5O. The lowest BCUT2D eigenvalue weighted by Crippen LogP contribution is -2.28. The quantitative estimate of drug-likeness (QED) is 0.905. The van der Waals surface area contributed by atoms with Crippen molar-refractivity contribution < 1.29 is 4.74 Å². The molecule has 2 aromatic heterocycles. The molecule has 2 aromatic rings. The minimum absolute atomic E-state index is 0.00601. The van der Waals surface area contributed by atoms with Crippen molar-refractivity contribution in [2.24, 2.45) is 5.92 Å². The summed E-state index contributed by atoms with van der Waals surface area (Å²) in [5.74, 6) is 0.965. The first kappa shape index (κ1) is 14.8. The molecule has 2 atom stereocenters. The van der Waals surface area contributed by atoms with Crippen molar-refractivity contribution in [1.29, 1.82) is 5.26 Å². The Labute approximate surface area is 133 Å². The molecule has 0 radical (unpaired) electrons. The van der Waals surface area contributed by atoms with Gasteiger partial charge >= 0.3 is 0 Å². The number of H-pyrrole nitrogens is 1. The van der Waals surface area contributed by atoms with Gasteiger partial charge in [-0.1, -0.05) is 11.6 Å². The van der Waals surface area contributed by atoms with Crippen molar-refractivity contribution in [1.82, 2.24) is 15.2 Å². The number of hydrogen-bond donors (Lipinski definition) is 2. The molecule has 1 aliphatic rings. The Morgan fingerprint density at radius 2 is 2.36 bits per heavy atom. The summed E-state index contributed by atoms with van der Waals surface area (Å²) in [4.78, 5) is 4.20. The van der Waals surface area contributed by atoms with Crippen LogP contribution in [0.3, 0.4) is 0 Å². The second-order valence-corrected chi connectivity index (χ2v) is 5.63. The molecule has 0 spiro atoms. The number of anilines is 1. The number of rotatable bonds is 4. The normalized spacial score (nSPS) is 21.3. The van der Waals surface area contributed by atoms with E-state index in [0.29, 0.717) is 23.3 Å². The fourth-order valence-corrected chi connectivity index (χ4v) is 2.82. The van der Waals surface area contributed by atoms with Crippen molar-refractivity contribution in [2.75, 3.05) is 18.5 Å². The number of ether oxygens (including phenoxy) is 1. The molecule has 0 aromatic carbocycles. The van der Waals surface area contributed by atoms with Crippen molar-refractivity contribution in [3.8, 4) is 6.07 Å². The average Bonchev–Trinajstić information content (AvgIpc) is 3.08. The van der Waals surface area contributed by atoms with Gasteiger partial charge in [-0.05, 0) is 31.0 Å². The van der Waals surface area contributed by atoms with E-state index in [1.165, 1.54) is 0 Å². The third-order valence-corrected chi connectivity index (χ3v) is 4.08. The second-order valence-electron chi connectivity index (χ2n) is 5.23. The van der Waals surface area contributed by atoms with Gasteiger partial charge in [-0.2, -0.15) is 10.4 Å². The van der Waals surface area contributed by atoms with Crippen LogP contribution in [0.2, 0.25) is 5.02 Å². The molecule has 22 heavy (non-hydrogen) atoms. The van der Waals surface area contributed by atoms with Gasteiger partial charge in [-0.25, -0.2) is 4.98 Å². The molecule has 0 saturated carbocycles. The van der Waals surface area contributed by atoms with Crippen molar-refractivity contribution >= 4 is 17.4 Å². The van der Waals surface area contributed by atoms with E-state index >= 15 is 0 Å². The number of aromatic amines is 1. The van der Waals surface area contributed by atoms with Crippen LogP contribution in [-0.2, 0) is 4.74 Å². The minimum atomic E-state index is 0.00601. The summed E-state index contributed by atoms with van der Waals surface area (Å²) in [6.07, 6.45) is 3.84. The second kappa shape index (κ2) is 6.77. The van der Waals surface area contributed by atoms with Gasteiger partial charge < -0.3 is 10.1 Å². The maximum atomic E-state index is 8.97. The van der Waals surface area contributed by atoms with Gasteiger partial charge in [0.15, 0.2) is 5.69 Å². The number of nitriles is 1. The summed E-state index contributed by atoms with van der Waals surface area (Å²) in [5.41, 5.74) is 1.23. The zero-order valence-corrected chi connectivity index (χ0v) is 12.7. The Morgan fingerprint density at radius 3 is 3.14 bits per heavy atom. The van der Waals surface area contributed by atoms with E-state index in [0.717, 1.165) is 25.1 Å². The Bertz CT molecular complexity index is 667. The van der Waals surface area contributed by atoms with Gasteiger partial charge in [0.1, 0.15) is 18.0 Å². The molecule has 3 rings (SSSR count). The van der Waals surface area contributed by atoms with Gasteiger partial charge in [0.2, 0.25) is 0 Å².